The van der Waals surface area contributed by atoms with Crippen LogP contribution in [-0.4, -0.2) is 25.5 Å². The monoisotopic (exact) mass is 337 g/mol. The fourth-order valence-corrected chi connectivity index (χ4v) is 2.82. The molecule has 0 saturated carbocycles. The van der Waals surface area contributed by atoms with Gasteiger partial charge >= 0.3 is 6.01 Å². The quantitative estimate of drug-likeness (QED) is 0.616. The van der Waals surface area contributed by atoms with Gasteiger partial charge in [0.25, 0.3) is 5.91 Å². The summed E-state index contributed by atoms with van der Waals surface area (Å²) in [4.78, 5) is 21.2. The van der Waals surface area contributed by atoms with E-state index in [4.69, 9.17) is 4.42 Å². The molecule has 8 heteroatoms. The fraction of sp³-hybridized carbons (Fsp3) is 0.0625. The number of aromatic nitrogens is 4. The zero-order valence-corrected chi connectivity index (χ0v) is 13.4. The Balaban J connectivity index is 1.64. The van der Waals surface area contributed by atoms with Crippen molar-refractivity contribution < 1.29 is 9.21 Å². The number of fused-ring (bicyclic) bond motifs is 1. The highest BCUT2D eigenvalue weighted by Gasteiger charge is 2.16. The first-order chi connectivity index (χ1) is 11.7. The van der Waals surface area contributed by atoms with Crippen LogP contribution in [-0.2, 0) is 0 Å². The molecule has 4 aromatic rings. The van der Waals surface area contributed by atoms with Crippen LogP contribution >= 0.6 is 11.5 Å². The Morgan fingerprint density at radius 3 is 2.92 bits per heavy atom. The smallest absolute Gasteiger partial charge is 0.302 e. The first kappa shape index (κ1) is 14.5. The highest BCUT2D eigenvalue weighted by Crippen LogP contribution is 2.25. The number of rotatable bonds is 3. The number of pyridine rings is 1. The number of aryl methyl sites for hydroxylation is 1. The van der Waals surface area contributed by atoms with Crippen LogP contribution in [0.3, 0.4) is 0 Å². The van der Waals surface area contributed by atoms with Crippen molar-refractivity contribution in [2.75, 3.05) is 5.32 Å². The third kappa shape index (κ3) is 2.63. The number of nitrogens with one attached hydrogen (secondary N) is 1. The number of nitrogens with zero attached hydrogens (tertiary/aromatic N) is 4. The summed E-state index contributed by atoms with van der Waals surface area (Å²) in [5.41, 5.74) is 3.58. The average molecular weight is 337 g/mol. The molecule has 1 N–H and O–H groups in total. The van der Waals surface area contributed by atoms with Gasteiger partial charge in [-0.15, -0.1) is 5.10 Å². The van der Waals surface area contributed by atoms with Crippen LogP contribution < -0.4 is 5.32 Å². The van der Waals surface area contributed by atoms with Gasteiger partial charge in [0, 0.05) is 11.8 Å². The van der Waals surface area contributed by atoms with E-state index in [1.54, 1.807) is 13.1 Å². The molecule has 3 heterocycles. The summed E-state index contributed by atoms with van der Waals surface area (Å²) in [7, 11) is 0. The van der Waals surface area contributed by atoms with Crippen molar-refractivity contribution in [3.05, 3.63) is 53.2 Å². The summed E-state index contributed by atoms with van der Waals surface area (Å²) in [5, 5.41) is 6.45. The van der Waals surface area contributed by atoms with Crippen LogP contribution in [0.2, 0.25) is 0 Å². The van der Waals surface area contributed by atoms with Gasteiger partial charge in [-0.05, 0) is 48.8 Å². The standard InChI is InChI=1S/C16H11N5O2S/c1-9-14(24-21-20-9)15(22)19-16-18-12-8-10(5-6-13(12)23-16)11-4-2-3-7-17-11/h2-8H,1H3,(H,18,19,22). The predicted octanol–water partition coefficient (Wildman–Crippen LogP) is 3.30. The molecule has 0 bridgehead atoms. The first-order valence-corrected chi connectivity index (χ1v) is 7.90. The van der Waals surface area contributed by atoms with Crippen molar-refractivity contribution in [1.29, 1.82) is 0 Å². The Bertz CT molecular complexity index is 1030. The maximum absolute atomic E-state index is 12.2. The SMILES string of the molecule is Cc1nnsc1C(=O)Nc1nc2cc(-c3ccccn3)ccc2o1. The first-order valence-electron chi connectivity index (χ1n) is 7.13. The van der Waals surface area contributed by atoms with Crippen LogP contribution in [0, 0.1) is 6.92 Å². The van der Waals surface area contributed by atoms with Crippen molar-refractivity contribution in [2.45, 2.75) is 6.92 Å². The second-order valence-corrected chi connectivity index (χ2v) is 5.81. The molecular weight excluding hydrogens is 326 g/mol. The molecule has 0 aliphatic heterocycles. The van der Waals surface area contributed by atoms with Crippen LogP contribution in [0.4, 0.5) is 6.01 Å². The van der Waals surface area contributed by atoms with Gasteiger partial charge in [-0.2, -0.15) is 4.98 Å². The molecule has 3 aromatic heterocycles. The third-order valence-electron chi connectivity index (χ3n) is 3.43. The molecule has 0 unspecified atom stereocenters. The summed E-state index contributed by atoms with van der Waals surface area (Å²) in [6.07, 6.45) is 1.74. The Morgan fingerprint density at radius 2 is 2.17 bits per heavy atom. The normalized spacial score (nSPS) is 10.9. The minimum Gasteiger partial charge on any atom is -0.423 e. The lowest BCUT2D eigenvalue weighted by molar-refractivity contribution is 0.102. The van der Waals surface area contributed by atoms with Crippen molar-refractivity contribution in [2.24, 2.45) is 0 Å². The van der Waals surface area contributed by atoms with Gasteiger partial charge in [-0.3, -0.25) is 15.1 Å². The second kappa shape index (κ2) is 5.82. The summed E-state index contributed by atoms with van der Waals surface area (Å²) >= 11 is 1.03. The number of carbonyl (C=O) groups excluding carboxylic acids is 1. The summed E-state index contributed by atoms with van der Waals surface area (Å²) in [5.74, 6) is -0.334. The van der Waals surface area contributed by atoms with Gasteiger partial charge in [-0.1, -0.05) is 10.6 Å². The maximum atomic E-state index is 12.2. The maximum Gasteiger partial charge on any atom is 0.302 e. The van der Waals surface area contributed by atoms with Gasteiger partial charge in [0.15, 0.2) is 5.58 Å². The molecule has 118 valence electrons. The van der Waals surface area contributed by atoms with E-state index >= 15 is 0 Å². The Morgan fingerprint density at radius 1 is 1.25 bits per heavy atom. The largest absolute Gasteiger partial charge is 0.423 e. The molecule has 1 amide bonds. The van der Waals surface area contributed by atoms with E-state index < -0.39 is 0 Å². The second-order valence-electron chi connectivity index (χ2n) is 5.06. The minimum atomic E-state index is -0.334. The van der Waals surface area contributed by atoms with E-state index in [1.807, 2.05) is 36.4 Å². The van der Waals surface area contributed by atoms with E-state index in [9.17, 15) is 4.79 Å². The molecular formula is C16H11N5O2S. The van der Waals surface area contributed by atoms with Gasteiger partial charge in [0.05, 0.1) is 11.4 Å². The van der Waals surface area contributed by atoms with Crippen LogP contribution in [0.1, 0.15) is 15.4 Å². The number of benzene rings is 1. The number of anilines is 1. The topological polar surface area (TPSA) is 93.8 Å². The predicted molar refractivity (Wildman–Crippen MR) is 89.8 cm³/mol. The number of hydrogen-bond donors (Lipinski definition) is 1. The molecule has 0 spiro atoms. The molecule has 0 aliphatic carbocycles. The van der Waals surface area contributed by atoms with E-state index in [-0.39, 0.29) is 11.9 Å². The van der Waals surface area contributed by atoms with Crippen molar-refractivity contribution in [3.63, 3.8) is 0 Å². The van der Waals surface area contributed by atoms with Gasteiger partial charge in [-0.25, -0.2) is 0 Å². The fourth-order valence-electron chi connectivity index (χ4n) is 2.27. The Kier molecular flexibility index (Phi) is 3.51. The van der Waals surface area contributed by atoms with E-state index in [2.05, 4.69) is 24.9 Å². The lowest BCUT2D eigenvalue weighted by atomic mass is 10.1. The van der Waals surface area contributed by atoms with Crippen LogP contribution in [0.15, 0.2) is 47.0 Å². The molecule has 0 atom stereocenters. The van der Waals surface area contributed by atoms with Gasteiger partial charge in [0.1, 0.15) is 10.4 Å². The lowest BCUT2D eigenvalue weighted by Gasteiger charge is -1.98. The molecule has 0 radical (unpaired) electrons. The average Bonchev–Trinajstić information content (AvgIpc) is 3.20. The number of amides is 1. The van der Waals surface area contributed by atoms with Crippen molar-refractivity contribution in [3.8, 4) is 11.3 Å². The molecule has 0 saturated heterocycles. The minimum absolute atomic E-state index is 0.140. The van der Waals surface area contributed by atoms with Gasteiger partial charge < -0.3 is 4.42 Å². The molecule has 4 rings (SSSR count). The van der Waals surface area contributed by atoms with Crippen molar-refractivity contribution >= 4 is 34.6 Å². The third-order valence-corrected chi connectivity index (χ3v) is 4.25. The van der Waals surface area contributed by atoms with Crippen molar-refractivity contribution in [1.82, 2.24) is 19.6 Å². The molecule has 1 aromatic carbocycles. The zero-order valence-electron chi connectivity index (χ0n) is 12.6. The summed E-state index contributed by atoms with van der Waals surface area (Å²) < 4.78 is 9.31. The molecule has 0 aliphatic rings. The lowest BCUT2D eigenvalue weighted by Crippen LogP contribution is -2.11. The van der Waals surface area contributed by atoms with Crippen LogP contribution in [0.25, 0.3) is 22.4 Å². The molecule has 24 heavy (non-hydrogen) atoms. The highest BCUT2D eigenvalue weighted by atomic mass is 32.1. The number of hydrogen-bond acceptors (Lipinski definition) is 7. The molecule has 7 nitrogen and oxygen atoms in total. The van der Waals surface area contributed by atoms with Gasteiger partial charge in [0.2, 0.25) is 0 Å². The van der Waals surface area contributed by atoms with E-state index in [0.29, 0.717) is 21.7 Å². The highest BCUT2D eigenvalue weighted by molar-refractivity contribution is 7.08. The summed E-state index contributed by atoms with van der Waals surface area (Å²) in [6, 6.07) is 11.4. The number of carbonyl (C=O) groups is 1. The van der Waals surface area contributed by atoms with E-state index in [1.165, 1.54) is 0 Å². The Hall–Kier alpha value is -3.13. The summed E-state index contributed by atoms with van der Waals surface area (Å²) in [6.45, 7) is 1.73. The molecule has 0 fully saturated rings. The van der Waals surface area contributed by atoms with E-state index in [0.717, 1.165) is 22.8 Å². The zero-order chi connectivity index (χ0) is 16.5. The number of oxazole rings is 1. The van der Waals surface area contributed by atoms with Crippen LogP contribution in [0.5, 0.6) is 0 Å². The Labute approximate surface area is 140 Å².